The van der Waals surface area contributed by atoms with Crippen molar-refractivity contribution in [2.45, 2.75) is 25.7 Å². The molecule has 0 fully saturated rings. The van der Waals surface area contributed by atoms with E-state index in [1.54, 1.807) is 29.5 Å². The van der Waals surface area contributed by atoms with E-state index >= 15 is 0 Å². The zero-order valence-corrected chi connectivity index (χ0v) is 7.21. The highest BCUT2D eigenvalue weighted by Gasteiger charge is 2.38. The van der Waals surface area contributed by atoms with Gasteiger partial charge in [-0.15, -0.1) is 0 Å². The van der Waals surface area contributed by atoms with Gasteiger partial charge in [-0.25, -0.2) is 8.78 Å². The Balaban J connectivity index is 2.88. The summed E-state index contributed by atoms with van der Waals surface area (Å²) in [5.74, 6) is -2.51. The lowest BCUT2D eigenvalue weighted by molar-refractivity contribution is 0.0536. The molecule has 0 aromatic rings. The van der Waals surface area contributed by atoms with E-state index in [0.29, 0.717) is 6.42 Å². The summed E-state index contributed by atoms with van der Waals surface area (Å²) in [6, 6.07) is 0. The number of alkyl halides is 2. The highest BCUT2D eigenvalue weighted by Crippen LogP contribution is 2.43. The molecule has 0 radical (unpaired) electrons. The van der Waals surface area contributed by atoms with Gasteiger partial charge in [0, 0.05) is 6.42 Å². The average Bonchev–Trinajstić information content (AvgIpc) is 1.97. The van der Waals surface area contributed by atoms with Crippen LogP contribution in [0.4, 0.5) is 8.78 Å². The molecule has 0 bridgehead atoms. The number of rotatable bonds is 0. The van der Waals surface area contributed by atoms with Crippen LogP contribution in [-0.4, -0.2) is 5.92 Å². The SMILES string of the molecule is CC1=C(I)C(F)(F)CC1. The highest BCUT2D eigenvalue weighted by molar-refractivity contribution is 14.1. The van der Waals surface area contributed by atoms with Gasteiger partial charge in [-0.3, -0.25) is 0 Å². The fraction of sp³-hybridized carbons (Fsp3) is 0.667. The predicted molar refractivity (Wildman–Crippen MR) is 40.9 cm³/mol. The number of hydrogen-bond acceptors (Lipinski definition) is 0. The van der Waals surface area contributed by atoms with Crippen LogP contribution in [0.5, 0.6) is 0 Å². The maximum absolute atomic E-state index is 12.5. The Kier molecular flexibility index (Phi) is 1.80. The molecular formula is C6H7F2I. The first kappa shape index (κ1) is 7.44. The summed E-state index contributed by atoms with van der Waals surface area (Å²) in [5.41, 5.74) is 0.848. The minimum Gasteiger partial charge on any atom is -0.201 e. The second-order valence-electron chi connectivity index (χ2n) is 2.30. The van der Waals surface area contributed by atoms with E-state index in [1.165, 1.54) is 0 Å². The van der Waals surface area contributed by atoms with Gasteiger partial charge in [-0.1, -0.05) is 5.57 Å². The Bertz CT molecular complexity index is 160. The molecule has 0 N–H and O–H groups in total. The molecule has 0 saturated carbocycles. The molecule has 9 heavy (non-hydrogen) atoms. The molecular weight excluding hydrogens is 237 g/mol. The van der Waals surface area contributed by atoms with Crippen molar-refractivity contribution < 1.29 is 8.78 Å². The Morgan fingerprint density at radius 1 is 1.56 bits per heavy atom. The molecule has 1 aliphatic rings. The van der Waals surface area contributed by atoms with Crippen LogP contribution in [0.2, 0.25) is 0 Å². The summed E-state index contributed by atoms with van der Waals surface area (Å²) >= 11 is 1.73. The van der Waals surface area contributed by atoms with E-state index in [4.69, 9.17) is 0 Å². The van der Waals surface area contributed by atoms with Gasteiger partial charge in [0.25, 0.3) is 5.92 Å². The molecule has 52 valence electrons. The van der Waals surface area contributed by atoms with Crippen molar-refractivity contribution in [2.75, 3.05) is 0 Å². The van der Waals surface area contributed by atoms with Gasteiger partial charge < -0.3 is 0 Å². The molecule has 0 amide bonds. The summed E-state index contributed by atoms with van der Waals surface area (Å²) in [4.78, 5) is 0. The van der Waals surface area contributed by atoms with Crippen LogP contribution in [0, 0.1) is 0 Å². The van der Waals surface area contributed by atoms with Crippen LogP contribution in [-0.2, 0) is 0 Å². The van der Waals surface area contributed by atoms with Crippen LogP contribution in [0.15, 0.2) is 9.15 Å². The monoisotopic (exact) mass is 244 g/mol. The van der Waals surface area contributed by atoms with Crippen molar-refractivity contribution in [3.63, 3.8) is 0 Å². The smallest absolute Gasteiger partial charge is 0.201 e. The van der Waals surface area contributed by atoms with Gasteiger partial charge in [-0.05, 0) is 35.9 Å². The second-order valence-corrected chi connectivity index (χ2v) is 3.38. The fourth-order valence-electron chi connectivity index (χ4n) is 0.876. The summed E-state index contributed by atoms with van der Waals surface area (Å²) < 4.78 is 25.3. The largest absolute Gasteiger partial charge is 0.279 e. The first-order valence-corrected chi connectivity index (χ1v) is 3.85. The van der Waals surface area contributed by atoms with Gasteiger partial charge in [0.2, 0.25) is 0 Å². The normalized spacial score (nSPS) is 25.3. The molecule has 0 heterocycles. The lowest BCUT2D eigenvalue weighted by atomic mass is 10.3. The van der Waals surface area contributed by atoms with Gasteiger partial charge in [0.05, 0.1) is 3.58 Å². The lowest BCUT2D eigenvalue weighted by Gasteiger charge is -2.06. The Hall–Kier alpha value is 0.330. The van der Waals surface area contributed by atoms with Crippen molar-refractivity contribution in [3.05, 3.63) is 9.15 Å². The summed E-state index contributed by atoms with van der Waals surface area (Å²) in [7, 11) is 0. The van der Waals surface area contributed by atoms with E-state index in [2.05, 4.69) is 0 Å². The third-order valence-corrected chi connectivity index (χ3v) is 3.22. The first-order chi connectivity index (χ1) is 4.04. The Labute approximate surface area is 66.5 Å². The van der Waals surface area contributed by atoms with Crippen LogP contribution >= 0.6 is 22.6 Å². The third kappa shape index (κ3) is 1.25. The molecule has 1 aliphatic carbocycles. The van der Waals surface area contributed by atoms with Gasteiger partial charge in [0.15, 0.2) is 0 Å². The zero-order chi connectivity index (χ0) is 7.07. The molecule has 0 aromatic heterocycles. The molecule has 1 rings (SSSR count). The van der Waals surface area contributed by atoms with Gasteiger partial charge in [-0.2, -0.15) is 0 Å². The van der Waals surface area contributed by atoms with Gasteiger partial charge >= 0.3 is 0 Å². The highest BCUT2D eigenvalue weighted by atomic mass is 127. The van der Waals surface area contributed by atoms with E-state index in [-0.39, 0.29) is 10.0 Å². The molecule has 3 heteroatoms. The average molecular weight is 244 g/mol. The molecule has 0 spiro atoms. The molecule has 0 unspecified atom stereocenters. The van der Waals surface area contributed by atoms with E-state index in [9.17, 15) is 8.78 Å². The Morgan fingerprint density at radius 3 is 2.22 bits per heavy atom. The van der Waals surface area contributed by atoms with E-state index in [0.717, 1.165) is 5.57 Å². The molecule has 0 nitrogen and oxygen atoms in total. The van der Waals surface area contributed by atoms with E-state index < -0.39 is 5.92 Å². The van der Waals surface area contributed by atoms with Crippen LogP contribution in [0.25, 0.3) is 0 Å². The van der Waals surface area contributed by atoms with Crippen LogP contribution in [0.1, 0.15) is 19.8 Å². The summed E-state index contributed by atoms with van der Waals surface area (Å²) in [5, 5.41) is 0. The van der Waals surface area contributed by atoms with Crippen molar-refractivity contribution in [1.82, 2.24) is 0 Å². The zero-order valence-electron chi connectivity index (χ0n) is 5.05. The van der Waals surface area contributed by atoms with Crippen molar-refractivity contribution in [1.29, 1.82) is 0 Å². The topological polar surface area (TPSA) is 0 Å². The summed E-state index contributed by atoms with van der Waals surface area (Å²) in [6.45, 7) is 1.77. The predicted octanol–water partition coefficient (Wildman–Crippen LogP) is 3.12. The molecule has 0 aromatic carbocycles. The minimum absolute atomic E-state index is 0.0110. The van der Waals surface area contributed by atoms with Crippen molar-refractivity contribution in [2.24, 2.45) is 0 Å². The van der Waals surface area contributed by atoms with E-state index in [1.807, 2.05) is 0 Å². The second kappa shape index (κ2) is 2.18. The maximum Gasteiger partial charge on any atom is 0.279 e. The molecule has 0 atom stereocenters. The maximum atomic E-state index is 12.5. The molecule has 0 saturated heterocycles. The third-order valence-electron chi connectivity index (χ3n) is 1.51. The van der Waals surface area contributed by atoms with Crippen LogP contribution in [0.3, 0.4) is 0 Å². The standard InChI is InChI=1S/C6H7F2I/c1-4-2-3-6(7,8)5(4)9/h2-3H2,1H3. The number of allylic oxidation sites excluding steroid dienone is 2. The van der Waals surface area contributed by atoms with Crippen molar-refractivity contribution >= 4 is 22.6 Å². The van der Waals surface area contributed by atoms with Crippen molar-refractivity contribution in [3.8, 4) is 0 Å². The van der Waals surface area contributed by atoms with Crippen LogP contribution < -0.4 is 0 Å². The minimum atomic E-state index is -2.51. The molecule has 0 aliphatic heterocycles. The number of halogens is 3. The quantitative estimate of drug-likeness (QED) is 0.574. The van der Waals surface area contributed by atoms with Gasteiger partial charge in [0.1, 0.15) is 0 Å². The number of hydrogen-bond donors (Lipinski definition) is 0. The first-order valence-electron chi connectivity index (χ1n) is 2.77. The summed E-state index contributed by atoms with van der Waals surface area (Å²) in [6.07, 6.45) is 0.572. The lowest BCUT2D eigenvalue weighted by Crippen LogP contribution is -2.09. The Morgan fingerprint density at radius 2 is 2.11 bits per heavy atom. The fourth-order valence-corrected chi connectivity index (χ4v) is 1.42.